The van der Waals surface area contributed by atoms with E-state index in [1.165, 1.54) is 0 Å². The molecule has 0 radical (unpaired) electrons. The predicted octanol–water partition coefficient (Wildman–Crippen LogP) is 2.53. The van der Waals surface area contributed by atoms with Crippen LogP contribution in [0.1, 0.15) is 30.2 Å². The zero-order valence-electron chi connectivity index (χ0n) is 11.1. The minimum absolute atomic E-state index is 0.0714. The standard InChI is InChI=1S/C15H19N3O/c1-2-4-14-8-15(18-11-17-14)16-9-12-5-3-6-13(7-12)10-19/h3,5-8,11,19H,2,4,9-10H2,1H3,(H,16,17,18). The number of aliphatic hydroxyl groups is 1. The van der Waals surface area contributed by atoms with E-state index in [0.717, 1.165) is 35.5 Å². The van der Waals surface area contributed by atoms with Crippen LogP contribution < -0.4 is 5.32 Å². The van der Waals surface area contributed by atoms with Gasteiger partial charge in [-0.15, -0.1) is 0 Å². The maximum absolute atomic E-state index is 9.10. The summed E-state index contributed by atoms with van der Waals surface area (Å²) >= 11 is 0. The molecule has 0 aliphatic rings. The first-order valence-electron chi connectivity index (χ1n) is 6.55. The van der Waals surface area contributed by atoms with Gasteiger partial charge in [0.1, 0.15) is 12.1 Å². The van der Waals surface area contributed by atoms with Crippen molar-refractivity contribution in [3.8, 4) is 0 Å². The van der Waals surface area contributed by atoms with Gasteiger partial charge in [0.25, 0.3) is 0 Å². The highest BCUT2D eigenvalue weighted by atomic mass is 16.3. The number of aryl methyl sites for hydroxylation is 1. The van der Waals surface area contributed by atoms with Gasteiger partial charge in [0.05, 0.1) is 6.61 Å². The monoisotopic (exact) mass is 257 g/mol. The molecule has 0 atom stereocenters. The van der Waals surface area contributed by atoms with E-state index < -0.39 is 0 Å². The third kappa shape index (κ3) is 4.03. The molecule has 1 heterocycles. The first-order chi connectivity index (χ1) is 9.31. The first kappa shape index (κ1) is 13.5. The lowest BCUT2D eigenvalue weighted by Gasteiger charge is -2.07. The summed E-state index contributed by atoms with van der Waals surface area (Å²) in [5, 5.41) is 12.4. The summed E-state index contributed by atoms with van der Waals surface area (Å²) < 4.78 is 0. The molecule has 0 fully saturated rings. The zero-order chi connectivity index (χ0) is 13.5. The Morgan fingerprint density at radius 2 is 2.00 bits per heavy atom. The molecule has 2 rings (SSSR count). The summed E-state index contributed by atoms with van der Waals surface area (Å²) in [7, 11) is 0. The molecule has 2 N–H and O–H groups in total. The highest BCUT2D eigenvalue weighted by Crippen LogP contribution is 2.10. The smallest absolute Gasteiger partial charge is 0.129 e. The van der Waals surface area contributed by atoms with Crippen LogP contribution in [0, 0.1) is 0 Å². The summed E-state index contributed by atoms with van der Waals surface area (Å²) in [6.07, 6.45) is 3.64. The fourth-order valence-electron chi connectivity index (χ4n) is 1.92. The molecule has 100 valence electrons. The average Bonchev–Trinajstić information content (AvgIpc) is 2.46. The number of nitrogens with one attached hydrogen (secondary N) is 1. The van der Waals surface area contributed by atoms with Crippen molar-refractivity contribution >= 4 is 5.82 Å². The third-order valence-electron chi connectivity index (χ3n) is 2.88. The van der Waals surface area contributed by atoms with E-state index in [4.69, 9.17) is 5.11 Å². The van der Waals surface area contributed by atoms with Crippen LogP contribution in [0.3, 0.4) is 0 Å². The highest BCUT2D eigenvalue weighted by molar-refractivity contribution is 5.36. The van der Waals surface area contributed by atoms with Crippen LogP contribution in [0.25, 0.3) is 0 Å². The second-order valence-corrected chi connectivity index (χ2v) is 4.48. The van der Waals surface area contributed by atoms with E-state index in [9.17, 15) is 0 Å². The molecule has 4 heteroatoms. The van der Waals surface area contributed by atoms with E-state index >= 15 is 0 Å². The Hall–Kier alpha value is -1.94. The molecule has 2 aromatic rings. The van der Waals surface area contributed by atoms with E-state index in [1.54, 1.807) is 6.33 Å². The van der Waals surface area contributed by atoms with Gasteiger partial charge >= 0.3 is 0 Å². The predicted molar refractivity (Wildman–Crippen MR) is 75.7 cm³/mol. The highest BCUT2D eigenvalue weighted by Gasteiger charge is 1.99. The summed E-state index contributed by atoms with van der Waals surface area (Å²) in [6, 6.07) is 9.86. The van der Waals surface area contributed by atoms with Gasteiger partial charge in [-0.05, 0) is 17.5 Å². The summed E-state index contributed by atoms with van der Waals surface area (Å²) in [5.74, 6) is 0.841. The maximum Gasteiger partial charge on any atom is 0.129 e. The molecule has 0 aliphatic heterocycles. The van der Waals surface area contributed by atoms with Gasteiger partial charge in [-0.1, -0.05) is 37.6 Å². The fourth-order valence-corrected chi connectivity index (χ4v) is 1.92. The maximum atomic E-state index is 9.10. The molecule has 0 bridgehead atoms. The van der Waals surface area contributed by atoms with Crippen molar-refractivity contribution in [2.45, 2.75) is 32.9 Å². The van der Waals surface area contributed by atoms with Gasteiger partial charge in [0.2, 0.25) is 0 Å². The van der Waals surface area contributed by atoms with E-state index in [1.807, 2.05) is 30.3 Å². The van der Waals surface area contributed by atoms with Crippen LogP contribution >= 0.6 is 0 Å². The Morgan fingerprint density at radius 3 is 2.79 bits per heavy atom. The summed E-state index contributed by atoms with van der Waals surface area (Å²) in [4.78, 5) is 8.44. The average molecular weight is 257 g/mol. The van der Waals surface area contributed by atoms with Gasteiger partial charge in [-0.25, -0.2) is 9.97 Å². The van der Waals surface area contributed by atoms with Crippen molar-refractivity contribution in [1.82, 2.24) is 9.97 Å². The number of benzene rings is 1. The van der Waals surface area contributed by atoms with Crippen molar-refractivity contribution in [2.75, 3.05) is 5.32 Å². The van der Waals surface area contributed by atoms with Gasteiger partial charge in [-0.2, -0.15) is 0 Å². The molecule has 19 heavy (non-hydrogen) atoms. The van der Waals surface area contributed by atoms with Gasteiger partial charge < -0.3 is 10.4 Å². The summed E-state index contributed by atoms with van der Waals surface area (Å²) in [6.45, 7) is 2.90. The van der Waals surface area contributed by atoms with Crippen LogP contribution in [0.2, 0.25) is 0 Å². The van der Waals surface area contributed by atoms with Gasteiger partial charge in [0, 0.05) is 18.3 Å². The number of hydrogen-bond acceptors (Lipinski definition) is 4. The SMILES string of the molecule is CCCc1cc(NCc2cccc(CO)c2)ncn1. The molecule has 0 saturated heterocycles. The molecule has 0 amide bonds. The Morgan fingerprint density at radius 1 is 1.16 bits per heavy atom. The Labute approximate surface area is 113 Å². The van der Waals surface area contributed by atoms with Gasteiger partial charge in [0.15, 0.2) is 0 Å². The molecule has 1 aromatic heterocycles. The second kappa shape index (κ2) is 6.85. The van der Waals surface area contributed by atoms with E-state index in [2.05, 4.69) is 22.2 Å². The van der Waals surface area contributed by atoms with Crippen LogP contribution in [0.5, 0.6) is 0 Å². The van der Waals surface area contributed by atoms with Crippen LogP contribution in [-0.4, -0.2) is 15.1 Å². The van der Waals surface area contributed by atoms with Crippen LogP contribution in [0.4, 0.5) is 5.82 Å². The zero-order valence-corrected chi connectivity index (χ0v) is 11.1. The molecule has 0 aliphatic carbocycles. The minimum Gasteiger partial charge on any atom is -0.392 e. The van der Waals surface area contributed by atoms with Crippen molar-refractivity contribution in [3.05, 3.63) is 53.5 Å². The quantitative estimate of drug-likeness (QED) is 0.835. The molecule has 0 spiro atoms. The molecule has 0 saturated carbocycles. The second-order valence-electron chi connectivity index (χ2n) is 4.48. The molecule has 1 aromatic carbocycles. The van der Waals surface area contributed by atoms with Crippen molar-refractivity contribution in [1.29, 1.82) is 0 Å². The lowest BCUT2D eigenvalue weighted by atomic mass is 10.1. The molecular formula is C15H19N3O. The summed E-state index contributed by atoms with van der Waals surface area (Å²) in [5.41, 5.74) is 3.11. The lowest BCUT2D eigenvalue weighted by Crippen LogP contribution is -2.03. The van der Waals surface area contributed by atoms with Crippen molar-refractivity contribution in [2.24, 2.45) is 0 Å². The topological polar surface area (TPSA) is 58.0 Å². The fraction of sp³-hybridized carbons (Fsp3) is 0.333. The Balaban J connectivity index is 1.99. The normalized spacial score (nSPS) is 10.4. The molecular weight excluding hydrogens is 238 g/mol. The van der Waals surface area contributed by atoms with E-state index in [0.29, 0.717) is 6.54 Å². The Kier molecular flexibility index (Phi) is 4.86. The number of anilines is 1. The Bertz CT molecular complexity index is 528. The molecule has 0 unspecified atom stereocenters. The molecule has 4 nitrogen and oxygen atoms in total. The van der Waals surface area contributed by atoms with Crippen LogP contribution in [-0.2, 0) is 19.6 Å². The minimum atomic E-state index is 0.0714. The lowest BCUT2D eigenvalue weighted by molar-refractivity contribution is 0.281. The first-order valence-corrected chi connectivity index (χ1v) is 6.55. The number of hydrogen-bond donors (Lipinski definition) is 2. The number of aromatic nitrogens is 2. The van der Waals surface area contributed by atoms with Crippen LogP contribution in [0.15, 0.2) is 36.7 Å². The van der Waals surface area contributed by atoms with Crippen molar-refractivity contribution < 1.29 is 5.11 Å². The number of aliphatic hydroxyl groups excluding tert-OH is 1. The largest absolute Gasteiger partial charge is 0.392 e. The van der Waals surface area contributed by atoms with E-state index in [-0.39, 0.29) is 6.61 Å². The van der Waals surface area contributed by atoms with Crippen molar-refractivity contribution in [3.63, 3.8) is 0 Å². The third-order valence-corrected chi connectivity index (χ3v) is 2.88. The van der Waals surface area contributed by atoms with Gasteiger partial charge in [-0.3, -0.25) is 0 Å². The number of nitrogens with zero attached hydrogens (tertiary/aromatic N) is 2. The number of rotatable bonds is 6.